The van der Waals surface area contributed by atoms with Gasteiger partial charge in [-0.3, -0.25) is 5.32 Å². The number of carbonyl (C=O) groups excluding carboxylic acids is 1. The van der Waals surface area contributed by atoms with Gasteiger partial charge < -0.3 is 14.4 Å². The van der Waals surface area contributed by atoms with Crippen molar-refractivity contribution in [2.45, 2.75) is 26.0 Å². The number of aromatic nitrogens is 2. The summed E-state index contributed by atoms with van der Waals surface area (Å²) in [6.07, 6.45) is 1.32. The number of aliphatic hydroxyl groups excluding tert-OH is 1. The monoisotopic (exact) mass is 365 g/mol. The SMILES string of the molecule is COC(=O)Nc1cccc(Cn2cnc(-c3ccccc3)c2CC(C)O)c1. The van der Waals surface area contributed by atoms with Crippen LogP contribution < -0.4 is 5.32 Å². The highest BCUT2D eigenvalue weighted by Gasteiger charge is 2.15. The van der Waals surface area contributed by atoms with E-state index in [1.54, 1.807) is 19.3 Å². The van der Waals surface area contributed by atoms with Crippen LogP contribution in [0.2, 0.25) is 0 Å². The van der Waals surface area contributed by atoms with Crippen molar-refractivity contribution in [1.29, 1.82) is 0 Å². The fourth-order valence-corrected chi connectivity index (χ4v) is 2.99. The Morgan fingerprint density at radius 1 is 1.22 bits per heavy atom. The molecule has 0 radical (unpaired) electrons. The highest BCUT2D eigenvalue weighted by atomic mass is 16.5. The van der Waals surface area contributed by atoms with Gasteiger partial charge in [-0.1, -0.05) is 42.5 Å². The summed E-state index contributed by atoms with van der Waals surface area (Å²) >= 11 is 0. The van der Waals surface area contributed by atoms with E-state index in [0.29, 0.717) is 18.7 Å². The summed E-state index contributed by atoms with van der Waals surface area (Å²) in [7, 11) is 1.33. The van der Waals surface area contributed by atoms with E-state index in [1.807, 2.05) is 53.1 Å². The average Bonchev–Trinajstić information content (AvgIpc) is 3.04. The van der Waals surface area contributed by atoms with Gasteiger partial charge in [-0.25, -0.2) is 9.78 Å². The van der Waals surface area contributed by atoms with E-state index >= 15 is 0 Å². The third-order valence-corrected chi connectivity index (χ3v) is 4.19. The average molecular weight is 365 g/mol. The zero-order valence-corrected chi connectivity index (χ0v) is 15.4. The molecule has 0 fully saturated rings. The number of rotatable bonds is 6. The molecule has 1 amide bonds. The maximum Gasteiger partial charge on any atom is 0.411 e. The molecule has 2 aromatic carbocycles. The second-order valence-corrected chi connectivity index (χ2v) is 6.40. The Bertz CT molecular complexity index is 904. The lowest BCUT2D eigenvalue weighted by Gasteiger charge is -2.13. The standard InChI is InChI=1S/C21H23N3O3/c1-15(25)11-19-20(17-8-4-3-5-9-17)22-14-24(19)13-16-7-6-10-18(12-16)23-21(26)27-2/h3-10,12,14-15,25H,11,13H2,1-2H3,(H,23,26). The van der Waals surface area contributed by atoms with Gasteiger partial charge in [0.05, 0.1) is 25.2 Å². The van der Waals surface area contributed by atoms with E-state index in [1.165, 1.54) is 7.11 Å². The molecule has 1 heterocycles. The van der Waals surface area contributed by atoms with Gasteiger partial charge in [-0.15, -0.1) is 0 Å². The number of methoxy groups -OCH3 is 1. The largest absolute Gasteiger partial charge is 0.453 e. The molecule has 3 rings (SSSR count). The molecule has 27 heavy (non-hydrogen) atoms. The normalized spacial score (nSPS) is 11.8. The Labute approximate surface area is 158 Å². The molecule has 0 aliphatic heterocycles. The second-order valence-electron chi connectivity index (χ2n) is 6.40. The van der Waals surface area contributed by atoms with E-state index in [9.17, 15) is 9.90 Å². The molecule has 2 N–H and O–H groups in total. The predicted molar refractivity (Wildman–Crippen MR) is 105 cm³/mol. The molecule has 0 aliphatic rings. The molecule has 0 bridgehead atoms. The third-order valence-electron chi connectivity index (χ3n) is 4.19. The molecule has 1 unspecified atom stereocenters. The van der Waals surface area contributed by atoms with Gasteiger partial charge in [0, 0.05) is 29.9 Å². The minimum absolute atomic E-state index is 0.477. The molecule has 140 valence electrons. The number of anilines is 1. The van der Waals surface area contributed by atoms with Crippen LogP contribution in [-0.2, 0) is 17.7 Å². The Hall–Kier alpha value is -3.12. The Morgan fingerprint density at radius 3 is 2.70 bits per heavy atom. The number of amides is 1. The summed E-state index contributed by atoms with van der Waals surface area (Å²) in [6.45, 7) is 2.35. The van der Waals surface area contributed by atoms with Crippen molar-refractivity contribution in [2.24, 2.45) is 0 Å². The summed E-state index contributed by atoms with van der Waals surface area (Å²) in [6, 6.07) is 17.5. The van der Waals surface area contributed by atoms with Crippen LogP contribution in [-0.4, -0.2) is 34.0 Å². The quantitative estimate of drug-likeness (QED) is 0.698. The van der Waals surface area contributed by atoms with E-state index in [4.69, 9.17) is 0 Å². The lowest BCUT2D eigenvalue weighted by atomic mass is 10.1. The van der Waals surface area contributed by atoms with Gasteiger partial charge in [-0.05, 0) is 24.6 Å². The second kappa shape index (κ2) is 8.51. The molecule has 1 aromatic heterocycles. The van der Waals surface area contributed by atoms with Gasteiger partial charge in [0.1, 0.15) is 0 Å². The van der Waals surface area contributed by atoms with E-state index in [0.717, 1.165) is 22.5 Å². The van der Waals surface area contributed by atoms with Crippen LogP contribution >= 0.6 is 0 Å². The van der Waals surface area contributed by atoms with E-state index in [2.05, 4.69) is 15.0 Å². The molecule has 0 saturated carbocycles. The Morgan fingerprint density at radius 2 is 2.00 bits per heavy atom. The van der Waals surface area contributed by atoms with Crippen LogP contribution in [0.5, 0.6) is 0 Å². The van der Waals surface area contributed by atoms with E-state index < -0.39 is 12.2 Å². The molecule has 1 atom stereocenters. The maximum absolute atomic E-state index is 11.4. The molecule has 0 spiro atoms. The highest BCUT2D eigenvalue weighted by Crippen LogP contribution is 2.24. The topological polar surface area (TPSA) is 76.4 Å². The van der Waals surface area contributed by atoms with Gasteiger partial charge in [-0.2, -0.15) is 0 Å². The lowest BCUT2D eigenvalue weighted by Crippen LogP contribution is -2.13. The van der Waals surface area contributed by atoms with Crippen LogP contribution in [0.3, 0.4) is 0 Å². The molecular formula is C21H23N3O3. The van der Waals surface area contributed by atoms with Crippen LogP contribution in [0.25, 0.3) is 11.3 Å². The lowest BCUT2D eigenvalue weighted by molar-refractivity contribution is 0.187. The number of hydrogen-bond donors (Lipinski definition) is 2. The summed E-state index contributed by atoms with van der Waals surface area (Å²) in [5, 5.41) is 12.6. The van der Waals surface area contributed by atoms with Crippen molar-refractivity contribution in [3.63, 3.8) is 0 Å². The zero-order valence-electron chi connectivity index (χ0n) is 15.4. The number of nitrogens with one attached hydrogen (secondary N) is 1. The first-order valence-electron chi connectivity index (χ1n) is 8.78. The van der Waals surface area contributed by atoms with Gasteiger partial charge in [0.25, 0.3) is 0 Å². The van der Waals surface area contributed by atoms with Crippen LogP contribution in [0, 0.1) is 0 Å². The minimum Gasteiger partial charge on any atom is -0.453 e. The van der Waals surface area contributed by atoms with Crippen molar-refractivity contribution in [2.75, 3.05) is 12.4 Å². The van der Waals surface area contributed by atoms with Crippen molar-refractivity contribution in [1.82, 2.24) is 9.55 Å². The number of nitrogens with zero attached hydrogens (tertiary/aromatic N) is 2. The molecule has 6 heteroatoms. The predicted octanol–water partition coefficient (Wildman–Crippen LogP) is 3.70. The summed E-state index contributed by atoms with van der Waals surface area (Å²) in [5.74, 6) is 0. The molecule has 6 nitrogen and oxygen atoms in total. The number of benzene rings is 2. The van der Waals surface area contributed by atoms with Gasteiger partial charge >= 0.3 is 6.09 Å². The molecule has 0 aliphatic carbocycles. The van der Waals surface area contributed by atoms with Crippen molar-refractivity contribution in [3.05, 3.63) is 72.2 Å². The van der Waals surface area contributed by atoms with E-state index in [-0.39, 0.29) is 0 Å². The summed E-state index contributed by atoms with van der Waals surface area (Å²) in [4.78, 5) is 16.0. The number of ether oxygens (including phenoxy) is 1. The molecule has 3 aromatic rings. The Balaban J connectivity index is 1.90. The van der Waals surface area contributed by atoms with Crippen LogP contribution in [0.1, 0.15) is 18.2 Å². The summed E-state index contributed by atoms with van der Waals surface area (Å²) in [5.41, 5.74) is 4.54. The minimum atomic E-state index is -0.504. The summed E-state index contributed by atoms with van der Waals surface area (Å²) < 4.78 is 6.67. The first-order valence-corrected chi connectivity index (χ1v) is 8.78. The van der Waals surface area contributed by atoms with Gasteiger partial charge in [0.15, 0.2) is 0 Å². The number of hydrogen-bond acceptors (Lipinski definition) is 4. The highest BCUT2D eigenvalue weighted by molar-refractivity contribution is 5.84. The van der Waals surface area contributed by atoms with Crippen LogP contribution in [0.4, 0.5) is 10.5 Å². The number of aliphatic hydroxyl groups is 1. The number of imidazole rings is 1. The van der Waals surface area contributed by atoms with Crippen molar-refractivity contribution in [3.8, 4) is 11.3 Å². The van der Waals surface area contributed by atoms with Crippen molar-refractivity contribution >= 4 is 11.8 Å². The van der Waals surface area contributed by atoms with Gasteiger partial charge in [0.2, 0.25) is 0 Å². The Kier molecular flexibility index (Phi) is 5.88. The molecular weight excluding hydrogens is 342 g/mol. The maximum atomic E-state index is 11.4. The fourth-order valence-electron chi connectivity index (χ4n) is 2.99. The number of carbonyl (C=O) groups is 1. The van der Waals surface area contributed by atoms with Crippen molar-refractivity contribution < 1.29 is 14.6 Å². The first kappa shape index (κ1) is 18.7. The molecule has 0 saturated heterocycles. The first-order chi connectivity index (χ1) is 13.1. The third kappa shape index (κ3) is 4.74. The fraction of sp³-hybridized carbons (Fsp3) is 0.238. The zero-order chi connectivity index (χ0) is 19.2. The smallest absolute Gasteiger partial charge is 0.411 e. The van der Waals surface area contributed by atoms with Crippen LogP contribution in [0.15, 0.2) is 60.9 Å².